The fourth-order valence-electron chi connectivity index (χ4n) is 2.07. The smallest absolute Gasteiger partial charge is 0.232 e. The molecule has 3 aromatic heterocycles. The molecule has 0 saturated carbocycles. The van der Waals surface area contributed by atoms with Gasteiger partial charge in [-0.1, -0.05) is 13.3 Å². The summed E-state index contributed by atoms with van der Waals surface area (Å²) in [6.45, 7) is 2.03. The first-order chi connectivity index (χ1) is 11.2. The Hall–Kier alpha value is -2.42. The van der Waals surface area contributed by atoms with Crippen LogP contribution in [0.3, 0.4) is 0 Å². The molecule has 8 nitrogen and oxygen atoms in total. The number of hydrogen-bond acceptors (Lipinski definition) is 6. The summed E-state index contributed by atoms with van der Waals surface area (Å²) in [5, 5.41) is 10.0. The predicted molar refractivity (Wildman–Crippen MR) is 88.6 cm³/mol. The Kier molecular flexibility index (Phi) is 4.56. The van der Waals surface area contributed by atoms with Crippen molar-refractivity contribution in [2.75, 3.05) is 5.32 Å². The summed E-state index contributed by atoms with van der Waals surface area (Å²) in [4.78, 5) is 29.0. The van der Waals surface area contributed by atoms with Crippen LogP contribution in [-0.2, 0) is 4.79 Å². The molecule has 0 unspecified atom stereocenters. The highest BCUT2D eigenvalue weighted by molar-refractivity contribution is 9.10. The van der Waals surface area contributed by atoms with Crippen molar-refractivity contribution in [3.8, 4) is 11.5 Å². The number of hydrogen-bond donors (Lipinski definition) is 2. The molecule has 0 aliphatic carbocycles. The highest BCUT2D eigenvalue weighted by atomic mass is 79.9. The number of aromatic amines is 1. The Morgan fingerprint density at radius 3 is 2.96 bits per heavy atom. The first-order valence-electron chi connectivity index (χ1n) is 7.16. The van der Waals surface area contributed by atoms with Crippen LogP contribution in [-0.4, -0.2) is 36.0 Å². The average Bonchev–Trinajstić information content (AvgIpc) is 3.07. The molecule has 0 atom stereocenters. The summed E-state index contributed by atoms with van der Waals surface area (Å²) in [5.74, 6) is 0.577. The van der Waals surface area contributed by atoms with Crippen LogP contribution in [0.2, 0.25) is 0 Å². The highest BCUT2D eigenvalue weighted by Crippen LogP contribution is 2.25. The molecule has 3 aromatic rings. The minimum absolute atomic E-state index is 0.119. The number of halogens is 1. The SMILES string of the molecule is CCCCC(=O)Nc1nc(-c2ncn[nH]2)c2cc(Br)cnc2n1. The number of amides is 1. The quantitative estimate of drug-likeness (QED) is 0.709. The number of carbonyl (C=O) groups is 1. The van der Waals surface area contributed by atoms with Crippen LogP contribution >= 0.6 is 15.9 Å². The minimum Gasteiger partial charge on any atom is -0.294 e. The van der Waals surface area contributed by atoms with Crippen LogP contribution in [0.5, 0.6) is 0 Å². The van der Waals surface area contributed by atoms with E-state index in [1.165, 1.54) is 6.33 Å². The fraction of sp³-hybridized carbons (Fsp3) is 0.286. The van der Waals surface area contributed by atoms with Gasteiger partial charge in [0.05, 0.1) is 5.39 Å². The zero-order chi connectivity index (χ0) is 16.2. The predicted octanol–water partition coefficient (Wildman–Crippen LogP) is 2.70. The summed E-state index contributed by atoms with van der Waals surface area (Å²) in [6.07, 6.45) is 5.24. The van der Waals surface area contributed by atoms with Gasteiger partial charge in [0.15, 0.2) is 11.5 Å². The van der Waals surface area contributed by atoms with Crippen molar-refractivity contribution < 1.29 is 4.79 Å². The molecule has 118 valence electrons. The van der Waals surface area contributed by atoms with Gasteiger partial charge < -0.3 is 0 Å². The summed E-state index contributed by atoms with van der Waals surface area (Å²) in [5.41, 5.74) is 1.01. The lowest BCUT2D eigenvalue weighted by Crippen LogP contribution is -2.14. The Labute approximate surface area is 140 Å². The number of anilines is 1. The Balaban J connectivity index is 2.04. The molecule has 9 heteroatoms. The maximum absolute atomic E-state index is 11.9. The van der Waals surface area contributed by atoms with Gasteiger partial charge in [0.1, 0.15) is 12.0 Å². The van der Waals surface area contributed by atoms with Crippen molar-refractivity contribution in [1.82, 2.24) is 30.1 Å². The number of nitrogens with one attached hydrogen (secondary N) is 2. The van der Waals surface area contributed by atoms with E-state index in [2.05, 4.69) is 51.4 Å². The standard InChI is InChI=1S/C14H14BrN7O/c1-2-3-4-10(23)19-14-20-11(13-17-7-18-22-13)9-5-8(15)6-16-12(9)21-14/h5-7H,2-4H2,1H3,(H,17,18,22)(H,16,19,20,21,23). The number of nitrogens with zero attached hydrogens (tertiary/aromatic N) is 5. The van der Waals surface area contributed by atoms with Crippen LogP contribution in [0.15, 0.2) is 23.1 Å². The van der Waals surface area contributed by atoms with Gasteiger partial charge >= 0.3 is 0 Å². The number of H-pyrrole nitrogens is 1. The van der Waals surface area contributed by atoms with Crippen molar-refractivity contribution >= 4 is 38.8 Å². The van der Waals surface area contributed by atoms with Crippen LogP contribution in [0.4, 0.5) is 5.95 Å². The molecule has 0 spiro atoms. The van der Waals surface area contributed by atoms with Gasteiger partial charge in [-0.25, -0.2) is 15.0 Å². The molecular formula is C14H14BrN7O. The monoisotopic (exact) mass is 375 g/mol. The summed E-state index contributed by atoms with van der Waals surface area (Å²) < 4.78 is 0.800. The first-order valence-corrected chi connectivity index (χ1v) is 7.95. The van der Waals surface area contributed by atoms with Gasteiger partial charge in [0.2, 0.25) is 11.9 Å². The van der Waals surface area contributed by atoms with E-state index >= 15 is 0 Å². The third kappa shape index (κ3) is 3.50. The lowest BCUT2D eigenvalue weighted by molar-refractivity contribution is -0.116. The molecule has 2 N–H and O–H groups in total. The van der Waals surface area contributed by atoms with E-state index in [4.69, 9.17) is 0 Å². The molecule has 0 bridgehead atoms. The average molecular weight is 376 g/mol. The van der Waals surface area contributed by atoms with E-state index in [0.717, 1.165) is 17.3 Å². The molecule has 0 saturated heterocycles. The number of unbranched alkanes of at least 4 members (excludes halogenated alkanes) is 1. The molecule has 0 aliphatic rings. The van der Waals surface area contributed by atoms with Gasteiger partial charge in [-0.15, -0.1) is 0 Å². The van der Waals surface area contributed by atoms with E-state index in [9.17, 15) is 4.79 Å². The lowest BCUT2D eigenvalue weighted by Gasteiger charge is -2.07. The maximum atomic E-state index is 11.9. The van der Waals surface area contributed by atoms with E-state index in [0.29, 0.717) is 29.0 Å². The van der Waals surface area contributed by atoms with Crippen molar-refractivity contribution in [2.45, 2.75) is 26.2 Å². The molecule has 3 rings (SSSR count). The molecule has 1 amide bonds. The third-order valence-electron chi connectivity index (χ3n) is 3.17. The van der Waals surface area contributed by atoms with E-state index in [1.807, 2.05) is 13.0 Å². The number of rotatable bonds is 5. The first kappa shape index (κ1) is 15.5. The Morgan fingerprint density at radius 2 is 2.22 bits per heavy atom. The molecule has 0 radical (unpaired) electrons. The van der Waals surface area contributed by atoms with Crippen molar-refractivity contribution in [3.63, 3.8) is 0 Å². The van der Waals surface area contributed by atoms with Crippen molar-refractivity contribution in [3.05, 3.63) is 23.1 Å². The normalized spacial score (nSPS) is 10.9. The number of aromatic nitrogens is 6. The molecular weight excluding hydrogens is 362 g/mol. The van der Waals surface area contributed by atoms with Gasteiger partial charge in [-0.2, -0.15) is 10.1 Å². The van der Waals surface area contributed by atoms with Gasteiger partial charge in [-0.3, -0.25) is 15.2 Å². The molecule has 0 aromatic carbocycles. The minimum atomic E-state index is -0.119. The van der Waals surface area contributed by atoms with Crippen LogP contribution in [0.25, 0.3) is 22.6 Å². The van der Waals surface area contributed by atoms with Crippen LogP contribution in [0, 0.1) is 0 Å². The Bertz CT molecular complexity index is 835. The van der Waals surface area contributed by atoms with E-state index in [-0.39, 0.29) is 11.9 Å². The number of carbonyl (C=O) groups excluding carboxylic acids is 1. The lowest BCUT2D eigenvalue weighted by atomic mass is 10.2. The largest absolute Gasteiger partial charge is 0.294 e. The van der Waals surface area contributed by atoms with Crippen LogP contribution < -0.4 is 5.32 Å². The van der Waals surface area contributed by atoms with Crippen molar-refractivity contribution in [1.29, 1.82) is 0 Å². The van der Waals surface area contributed by atoms with E-state index < -0.39 is 0 Å². The summed E-state index contributed by atoms with van der Waals surface area (Å²) in [7, 11) is 0. The van der Waals surface area contributed by atoms with Crippen molar-refractivity contribution in [2.24, 2.45) is 0 Å². The molecule has 3 heterocycles. The van der Waals surface area contributed by atoms with Gasteiger partial charge in [0.25, 0.3) is 0 Å². The van der Waals surface area contributed by atoms with Gasteiger partial charge in [0, 0.05) is 17.1 Å². The van der Waals surface area contributed by atoms with Crippen LogP contribution in [0.1, 0.15) is 26.2 Å². The summed E-state index contributed by atoms with van der Waals surface area (Å²) >= 11 is 3.38. The number of pyridine rings is 1. The molecule has 0 aliphatic heterocycles. The Morgan fingerprint density at radius 1 is 1.35 bits per heavy atom. The fourth-order valence-corrected chi connectivity index (χ4v) is 2.40. The number of fused-ring (bicyclic) bond motifs is 1. The second-order valence-corrected chi connectivity index (χ2v) is 5.82. The maximum Gasteiger partial charge on any atom is 0.232 e. The zero-order valence-corrected chi connectivity index (χ0v) is 14.0. The second-order valence-electron chi connectivity index (χ2n) is 4.91. The third-order valence-corrected chi connectivity index (χ3v) is 3.60. The highest BCUT2D eigenvalue weighted by Gasteiger charge is 2.14. The molecule has 0 fully saturated rings. The van der Waals surface area contributed by atoms with Gasteiger partial charge in [-0.05, 0) is 28.4 Å². The van der Waals surface area contributed by atoms with E-state index in [1.54, 1.807) is 6.20 Å². The topological polar surface area (TPSA) is 109 Å². The molecule has 23 heavy (non-hydrogen) atoms. The zero-order valence-electron chi connectivity index (χ0n) is 12.4. The summed E-state index contributed by atoms with van der Waals surface area (Å²) in [6, 6.07) is 1.85. The second kappa shape index (κ2) is 6.78.